The lowest BCUT2D eigenvalue weighted by molar-refractivity contribution is 0.195. The Morgan fingerprint density at radius 3 is 2.57 bits per heavy atom. The Kier molecular flexibility index (Phi) is 8.12. The van der Waals surface area contributed by atoms with E-state index < -0.39 is 0 Å². The quantitative estimate of drug-likeness (QED) is 0.671. The Balaban J connectivity index is 1.47. The molecule has 0 radical (unpaired) electrons. The first-order chi connectivity index (χ1) is 13.8. The van der Waals surface area contributed by atoms with Crippen LogP contribution < -0.4 is 14.8 Å². The van der Waals surface area contributed by atoms with E-state index in [0.717, 1.165) is 23.6 Å². The number of hydrogen-bond acceptors (Lipinski definition) is 5. The van der Waals surface area contributed by atoms with Crippen LogP contribution in [0.15, 0.2) is 42.7 Å². The van der Waals surface area contributed by atoms with Gasteiger partial charge in [-0.2, -0.15) is 0 Å². The van der Waals surface area contributed by atoms with Crippen LogP contribution in [-0.2, 0) is 13.2 Å². The molecule has 0 amide bonds. The first-order valence-corrected chi connectivity index (χ1v) is 10.4. The van der Waals surface area contributed by atoms with Crippen LogP contribution in [0.2, 0.25) is 0 Å². The molecule has 0 aliphatic carbocycles. The minimum atomic E-state index is 0.507. The number of pyridine rings is 1. The summed E-state index contributed by atoms with van der Waals surface area (Å²) >= 11 is 0. The van der Waals surface area contributed by atoms with E-state index >= 15 is 0 Å². The van der Waals surface area contributed by atoms with Crippen LogP contribution in [0.5, 0.6) is 11.5 Å². The first kappa shape index (κ1) is 20.6. The Bertz CT molecular complexity index is 700. The SMILES string of the molecule is CCCCN1CCC(NCc2ccc(OCc3ccncc3)c(OC)c2)CC1. The molecule has 2 aromatic rings. The fraction of sp³-hybridized carbons (Fsp3) is 0.522. The van der Waals surface area contributed by atoms with Crippen LogP contribution in [0.25, 0.3) is 0 Å². The van der Waals surface area contributed by atoms with Crippen LogP contribution in [0.1, 0.15) is 43.7 Å². The second-order valence-corrected chi connectivity index (χ2v) is 7.48. The van der Waals surface area contributed by atoms with Crippen LogP contribution in [0.4, 0.5) is 0 Å². The molecule has 0 atom stereocenters. The number of nitrogens with one attached hydrogen (secondary N) is 1. The molecule has 1 aromatic heterocycles. The summed E-state index contributed by atoms with van der Waals surface area (Å²) < 4.78 is 11.5. The summed E-state index contributed by atoms with van der Waals surface area (Å²) in [6.45, 7) is 7.30. The van der Waals surface area contributed by atoms with E-state index in [1.807, 2.05) is 18.2 Å². The van der Waals surface area contributed by atoms with Gasteiger partial charge >= 0.3 is 0 Å². The molecule has 0 bridgehead atoms. The minimum absolute atomic E-state index is 0.507. The van der Waals surface area contributed by atoms with Gasteiger partial charge in [0.25, 0.3) is 0 Å². The summed E-state index contributed by atoms with van der Waals surface area (Å²) in [5, 5.41) is 3.71. The third kappa shape index (κ3) is 6.21. The molecule has 0 unspecified atom stereocenters. The summed E-state index contributed by atoms with van der Waals surface area (Å²) in [5.41, 5.74) is 2.31. The summed E-state index contributed by atoms with van der Waals surface area (Å²) in [5.74, 6) is 1.55. The Morgan fingerprint density at radius 1 is 1.07 bits per heavy atom. The molecule has 0 saturated carbocycles. The number of nitrogens with zero attached hydrogens (tertiary/aromatic N) is 2. The second-order valence-electron chi connectivity index (χ2n) is 7.48. The van der Waals surface area contributed by atoms with Crippen molar-refractivity contribution in [2.24, 2.45) is 0 Å². The highest BCUT2D eigenvalue weighted by Gasteiger charge is 2.18. The van der Waals surface area contributed by atoms with Crippen LogP contribution in [0, 0.1) is 0 Å². The first-order valence-electron chi connectivity index (χ1n) is 10.4. The zero-order chi connectivity index (χ0) is 19.6. The van der Waals surface area contributed by atoms with E-state index in [4.69, 9.17) is 9.47 Å². The number of likely N-dealkylation sites (tertiary alicyclic amines) is 1. The Labute approximate surface area is 169 Å². The predicted molar refractivity (Wildman–Crippen MR) is 113 cm³/mol. The minimum Gasteiger partial charge on any atom is -0.493 e. The van der Waals surface area contributed by atoms with Crippen LogP contribution >= 0.6 is 0 Å². The van der Waals surface area contributed by atoms with Crippen molar-refractivity contribution in [3.8, 4) is 11.5 Å². The molecule has 1 aliphatic rings. The van der Waals surface area contributed by atoms with Crippen LogP contribution in [0.3, 0.4) is 0 Å². The zero-order valence-electron chi connectivity index (χ0n) is 17.2. The van der Waals surface area contributed by atoms with Gasteiger partial charge in [0.2, 0.25) is 0 Å². The van der Waals surface area contributed by atoms with Gasteiger partial charge in [0, 0.05) is 25.0 Å². The van der Waals surface area contributed by atoms with Gasteiger partial charge in [-0.25, -0.2) is 0 Å². The lowest BCUT2D eigenvalue weighted by Crippen LogP contribution is -2.42. The molecule has 0 spiro atoms. The van der Waals surface area contributed by atoms with E-state index in [9.17, 15) is 0 Å². The number of ether oxygens (including phenoxy) is 2. The monoisotopic (exact) mass is 383 g/mol. The van der Waals surface area contributed by atoms with Crippen LogP contribution in [-0.4, -0.2) is 42.7 Å². The average Bonchev–Trinajstić information content (AvgIpc) is 2.76. The van der Waals surface area contributed by atoms with E-state index in [0.29, 0.717) is 12.6 Å². The number of piperidine rings is 1. The normalized spacial score (nSPS) is 15.5. The summed E-state index contributed by atoms with van der Waals surface area (Å²) in [6, 6.07) is 10.7. The summed E-state index contributed by atoms with van der Waals surface area (Å²) in [7, 11) is 1.69. The maximum absolute atomic E-state index is 5.93. The molecular formula is C23H33N3O2. The van der Waals surface area contributed by atoms with Crippen molar-refractivity contribution in [3.63, 3.8) is 0 Å². The van der Waals surface area contributed by atoms with Crippen molar-refractivity contribution >= 4 is 0 Å². The average molecular weight is 384 g/mol. The van der Waals surface area contributed by atoms with Gasteiger partial charge in [-0.1, -0.05) is 19.4 Å². The molecule has 1 N–H and O–H groups in total. The molecule has 1 aromatic carbocycles. The number of methoxy groups -OCH3 is 1. The smallest absolute Gasteiger partial charge is 0.161 e. The molecule has 152 valence electrons. The highest BCUT2D eigenvalue weighted by molar-refractivity contribution is 5.43. The predicted octanol–water partition coefficient (Wildman–Crippen LogP) is 4.02. The largest absolute Gasteiger partial charge is 0.493 e. The summed E-state index contributed by atoms with van der Waals surface area (Å²) in [6.07, 6.45) is 8.61. The standard InChI is InChI=1S/C23H33N3O2/c1-3-4-13-26-14-9-21(10-15-26)25-17-20-5-6-22(23(16-20)27-2)28-18-19-7-11-24-12-8-19/h5-8,11-12,16,21,25H,3-4,9-10,13-15,17-18H2,1-2H3. The topological polar surface area (TPSA) is 46.6 Å². The highest BCUT2D eigenvalue weighted by Crippen LogP contribution is 2.29. The molecule has 5 heteroatoms. The molecule has 1 fully saturated rings. The van der Waals surface area contributed by atoms with E-state index in [2.05, 4.69) is 34.3 Å². The number of aromatic nitrogens is 1. The van der Waals surface area contributed by atoms with Crippen molar-refractivity contribution < 1.29 is 9.47 Å². The number of hydrogen-bond donors (Lipinski definition) is 1. The lowest BCUT2D eigenvalue weighted by atomic mass is 10.0. The van der Waals surface area contributed by atoms with Crippen molar-refractivity contribution in [2.45, 2.75) is 51.8 Å². The molecular weight excluding hydrogens is 350 g/mol. The zero-order valence-corrected chi connectivity index (χ0v) is 17.2. The van der Waals surface area contributed by atoms with Crippen molar-refractivity contribution in [2.75, 3.05) is 26.7 Å². The van der Waals surface area contributed by atoms with Gasteiger partial charge in [0.1, 0.15) is 6.61 Å². The van der Waals surface area contributed by atoms with Gasteiger partial charge in [-0.15, -0.1) is 0 Å². The second kappa shape index (κ2) is 11.0. The summed E-state index contributed by atoms with van der Waals surface area (Å²) in [4.78, 5) is 6.63. The van der Waals surface area contributed by atoms with Gasteiger partial charge in [-0.05, 0) is 74.3 Å². The molecule has 3 rings (SSSR count). The molecule has 28 heavy (non-hydrogen) atoms. The third-order valence-corrected chi connectivity index (χ3v) is 5.38. The van der Waals surface area contributed by atoms with Crippen molar-refractivity contribution in [3.05, 3.63) is 53.9 Å². The van der Waals surface area contributed by atoms with Gasteiger partial charge < -0.3 is 19.7 Å². The number of benzene rings is 1. The molecule has 5 nitrogen and oxygen atoms in total. The highest BCUT2D eigenvalue weighted by atomic mass is 16.5. The lowest BCUT2D eigenvalue weighted by Gasteiger charge is -2.32. The van der Waals surface area contributed by atoms with Crippen molar-refractivity contribution in [1.82, 2.24) is 15.2 Å². The fourth-order valence-electron chi connectivity index (χ4n) is 3.59. The van der Waals surface area contributed by atoms with Gasteiger partial charge in [0.05, 0.1) is 7.11 Å². The Hall–Kier alpha value is -2.11. The van der Waals surface area contributed by atoms with Crippen molar-refractivity contribution in [1.29, 1.82) is 0 Å². The van der Waals surface area contributed by atoms with E-state index in [1.54, 1.807) is 19.5 Å². The third-order valence-electron chi connectivity index (χ3n) is 5.38. The molecule has 1 saturated heterocycles. The number of rotatable bonds is 10. The maximum atomic E-state index is 5.93. The Morgan fingerprint density at radius 2 is 1.86 bits per heavy atom. The van der Waals surface area contributed by atoms with Gasteiger partial charge in [0.15, 0.2) is 11.5 Å². The van der Waals surface area contributed by atoms with E-state index in [1.165, 1.54) is 50.9 Å². The molecule has 1 aliphatic heterocycles. The fourth-order valence-corrected chi connectivity index (χ4v) is 3.59. The van der Waals surface area contributed by atoms with Gasteiger partial charge in [-0.3, -0.25) is 4.98 Å². The van der Waals surface area contributed by atoms with E-state index in [-0.39, 0.29) is 0 Å². The maximum Gasteiger partial charge on any atom is 0.161 e. The molecule has 2 heterocycles. The number of unbranched alkanes of at least 4 members (excludes halogenated alkanes) is 1.